The van der Waals surface area contributed by atoms with Gasteiger partial charge in [0.2, 0.25) is 0 Å². The predicted octanol–water partition coefficient (Wildman–Crippen LogP) is 2.26. The number of hydrogen-bond donors (Lipinski definition) is 2. The van der Waals surface area contributed by atoms with Gasteiger partial charge in [-0.15, -0.1) is 0 Å². The fourth-order valence-corrected chi connectivity index (χ4v) is 2.18. The predicted molar refractivity (Wildman–Crippen MR) is 64.5 cm³/mol. The first-order chi connectivity index (χ1) is 7.66. The van der Waals surface area contributed by atoms with Crippen molar-refractivity contribution in [3.63, 3.8) is 0 Å². The number of nitrogen functional groups attached to an aromatic ring is 1. The van der Waals surface area contributed by atoms with E-state index < -0.39 is 0 Å². The molecule has 3 N–H and O–H groups in total. The van der Waals surface area contributed by atoms with Crippen LogP contribution in [0.15, 0.2) is 18.2 Å². The Bertz CT molecular complexity index is 365. The topological polar surface area (TPSA) is 55.5 Å². The van der Waals surface area contributed by atoms with E-state index in [0.717, 1.165) is 42.7 Å². The quantitative estimate of drug-likeness (QED) is 0.753. The molecule has 88 valence electrons. The monoisotopic (exact) mass is 221 g/mol. The van der Waals surface area contributed by atoms with Gasteiger partial charge in [-0.1, -0.05) is 6.42 Å². The minimum absolute atomic E-state index is 0.0592. The van der Waals surface area contributed by atoms with Crippen LogP contribution < -0.4 is 10.5 Å². The third kappa shape index (κ3) is 2.47. The van der Waals surface area contributed by atoms with Crippen LogP contribution in [0.1, 0.15) is 31.2 Å². The van der Waals surface area contributed by atoms with Crippen molar-refractivity contribution in [2.24, 2.45) is 0 Å². The molecule has 1 aliphatic carbocycles. The summed E-state index contributed by atoms with van der Waals surface area (Å²) < 4.78 is 5.85. The Kier molecular flexibility index (Phi) is 3.34. The number of nitrogens with two attached hydrogens (primary N) is 1. The van der Waals surface area contributed by atoms with Gasteiger partial charge in [-0.25, -0.2) is 0 Å². The molecule has 2 rings (SSSR count). The molecule has 2 atom stereocenters. The fraction of sp³-hybridized carbons (Fsp3) is 0.538. The number of anilines is 1. The summed E-state index contributed by atoms with van der Waals surface area (Å²) in [6.45, 7) is 1.97. The highest BCUT2D eigenvalue weighted by Gasteiger charge is 2.24. The largest absolute Gasteiger partial charge is 0.487 e. The average Bonchev–Trinajstić information content (AvgIpc) is 2.25. The highest BCUT2D eigenvalue weighted by atomic mass is 16.5. The lowest BCUT2D eigenvalue weighted by Gasteiger charge is -2.28. The summed E-state index contributed by atoms with van der Waals surface area (Å²) in [4.78, 5) is 0. The minimum atomic E-state index is -0.328. The maximum Gasteiger partial charge on any atom is 0.124 e. The van der Waals surface area contributed by atoms with E-state index in [1.54, 1.807) is 0 Å². The number of aliphatic hydroxyl groups is 1. The Morgan fingerprint density at radius 3 is 2.75 bits per heavy atom. The van der Waals surface area contributed by atoms with Gasteiger partial charge in [-0.2, -0.15) is 0 Å². The first kappa shape index (κ1) is 11.3. The molecule has 16 heavy (non-hydrogen) atoms. The molecule has 0 aliphatic heterocycles. The molecule has 0 spiro atoms. The smallest absolute Gasteiger partial charge is 0.124 e. The lowest BCUT2D eigenvalue weighted by Crippen LogP contribution is -2.34. The standard InChI is InChI=1S/C13H19NO2/c1-9-8-10(14)6-7-12(9)16-13-5-3-2-4-11(13)15/h6-8,11,13,15H,2-5,14H2,1H3. The van der Waals surface area contributed by atoms with Crippen molar-refractivity contribution in [3.05, 3.63) is 23.8 Å². The molecule has 0 heterocycles. The number of aryl methyl sites for hydroxylation is 1. The summed E-state index contributed by atoms with van der Waals surface area (Å²) in [7, 11) is 0. The Hall–Kier alpha value is -1.22. The third-order valence-electron chi connectivity index (χ3n) is 3.15. The Morgan fingerprint density at radius 2 is 2.06 bits per heavy atom. The number of benzene rings is 1. The summed E-state index contributed by atoms with van der Waals surface area (Å²) in [5.41, 5.74) is 7.45. The van der Waals surface area contributed by atoms with Crippen molar-refractivity contribution in [2.75, 3.05) is 5.73 Å². The molecule has 0 aromatic heterocycles. The zero-order chi connectivity index (χ0) is 11.5. The highest BCUT2D eigenvalue weighted by Crippen LogP contribution is 2.27. The van der Waals surface area contributed by atoms with Crippen LogP contribution in [-0.2, 0) is 0 Å². The van der Waals surface area contributed by atoms with Gasteiger partial charge in [-0.05, 0) is 49.9 Å². The minimum Gasteiger partial charge on any atom is -0.487 e. The van der Waals surface area contributed by atoms with E-state index in [-0.39, 0.29) is 12.2 Å². The lowest BCUT2D eigenvalue weighted by molar-refractivity contribution is 0.00655. The molecular formula is C13H19NO2. The second-order valence-corrected chi connectivity index (χ2v) is 4.53. The summed E-state index contributed by atoms with van der Waals surface area (Å²) >= 11 is 0. The molecule has 0 saturated heterocycles. The third-order valence-corrected chi connectivity index (χ3v) is 3.15. The molecule has 0 radical (unpaired) electrons. The summed E-state index contributed by atoms with van der Waals surface area (Å²) in [6.07, 6.45) is 3.63. The van der Waals surface area contributed by atoms with Crippen molar-refractivity contribution < 1.29 is 9.84 Å². The molecule has 1 aromatic rings. The van der Waals surface area contributed by atoms with Crippen molar-refractivity contribution >= 4 is 5.69 Å². The lowest BCUT2D eigenvalue weighted by atomic mass is 9.95. The van der Waals surface area contributed by atoms with Crippen molar-refractivity contribution in [2.45, 2.75) is 44.8 Å². The van der Waals surface area contributed by atoms with Gasteiger partial charge in [0.25, 0.3) is 0 Å². The van der Waals surface area contributed by atoms with E-state index in [2.05, 4.69) is 0 Å². The highest BCUT2D eigenvalue weighted by molar-refractivity contribution is 5.47. The first-order valence-electron chi connectivity index (χ1n) is 5.87. The van der Waals surface area contributed by atoms with E-state index in [1.807, 2.05) is 25.1 Å². The van der Waals surface area contributed by atoms with E-state index >= 15 is 0 Å². The zero-order valence-electron chi connectivity index (χ0n) is 9.65. The average molecular weight is 221 g/mol. The van der Waals surface area contributed by atoms with E-state index in [0.29, 0.717) is 0 Å². The molecule has 0 bridgehead atoms. The van der Waals surface area contributed by atoms with Gasteiger partial charge in [0.05, 0.1) is 6.10 Å². The van der Waals surface area contributed by atoms with Crippen LogP contribution in [0.25, 0.3) is 0 Å². The number of ether oxygens (including phenoxy) is 1. The van der Waals surface area contributed by atoms with Gasteiger partial charge in [0.15, 0.2) is 0 Å². The number of aliphatic hydroxyl groups excluding tert-OH is 1. The van der Waals surface area contributed by atoms with Gasteiger partial charge < -0.3 is 15.6 Å². The van der Waals surface area contributed by atoms with Crippen molar-refractivity contribution in [1.82, 2.24) is 0 Å². The second-order valence-electron chi connectivity index (χ2n) is 4.53. The van der Waals surface area contributed by atoms with Gasteiger partial charge in [0, 0.05) is 5.69 Å². The maximum atomic E-state index is 9.83. The number of hydrogen-bond acceptors (Lipinski definition) is 3. The van der Waals surface area contributed by atoms with Crippen LogP contribution in [0.3, 0.4) is 0 Å². The Balaban J connectivity index is 2.07. The fourth-order valence-electron chi connectivity index (χ4n) is 2.18. The zero-order valence-corrected chi connectivity index (χ0v) is 9.65. The molecule has 3 nitrogen and oxygen atoms in total. The van der Waals surface area contributed by atoms with Gasteiger partial charge in [-0.3, -0.25) is 0 Å². The number of rotatable bonds is 2. The summed E-state index contributed by atoms with van der Waals surface area (Å²) in [5, 5.41) is 9.83. The van der Waals surface area contributed by atoms with E-state index in [9.17, 15) is 5.11 Å². The Morgan fingerprint density at radius 1 is 1.31 bits per heavy atom. The SMILES string of the molecule is Cc1cc(N)ccc1OC1CCCCC1O. The molecule has 1 saturated carbocycles. The molecule has 0 amide bonds. The van der Waals surface area contributed by atoms with Crippen LogP contribution >= 0.6 is 0 Å². The molecular weight excluding hydrogens is 202 g/mol. The Labute approximate surface area is 96.2 Å². The van der Waals surface area contributed by atoms with Crippen LogP contribution in [0.2, 0.25) is 0 Å². The summed E-state index contributed by atoms with van der Waals surface area (Å²) in [5.74, 6) is 0.833. The van der Waals surface area contributed by atoms with Crippen LogP contribution in [0, 0.1) is 6.92 Å². The first-order valence-corrected chi connectivity index (χ1v) is 5.87. The van der Waals surface area contributed by atoms with Crippen LogP contribution in [0.5, 0.6) is 5.75 Å². The van der Waals surface area contributed by atoms with Crippen LogP contribution in [-0.4, -0.2) is 17.3 Å². The molecule has 1 aromatic carbocycles. The normalized spacial score (nSPS) is 25.4. The van der Waals surface area contributed by atoms with Crippen molar-refractivity contribution in [3.8, 4) is 5.75 Å². The van der Waals surface area contributed by atoms with Gasteiger partial charge >= 0.3 is 0 Å². The maximum absolute atomic E-state index is 9.83. The summed E-state index contributed by atoms with van der Waals surface area (Å²) in [6, 6.07) is 5.61. The molecule has 2 unspecified atom stereocenters. The van der Waals surface area contributed by atoms with E-state index in [4.69, 9.17) is 10.5 Å². The second kappa shape index (κ2) is 4.74. The molecule has 1 aliphatic rings. The van der Waals surface area contributed by atoms with Crippen LogP contribution in [0.4, 0.5) is 5.69 Å². The van der Waals surface area contributed by atoms with Crippen molar-refractivity contribution in [1.29, 1.82) is 0 Å². The van der Waals surface area contributed by atoms with Gasteiger partial charge in [0.1, 0.15) is 11.9 Å². The van der Waals surface area contributed by atoms with E-state index in [1.165, 1.54) is 0 Å². The molecule has 1 fully saturated rings. The molecule has 3 heteroatoms.